The highest BCUT2D eigenvalue weighted by atomic mass is 16.5. The van der Waals surface area contributed by atoms with E-state index in [9.17, 15) is 9.59 Å². The third kappa shape index (κ3) is 3.47. The molecular weight excluding hydrogens is 308 g/mol. The molecule has 0 N–H and O–H groups in total. The first-order chi connectivity index (χ1) is 11.5. The predicted molar refractivity (Wildman–Crippen MR) is 91.5 cm³/mol. The van der Waals surface area contributed by atoms with E-state index in [0.717, 1.165) is 12.8 Å². The summed E-state index contributed by atoms with van der Waals surface area (Å²) in [6.07, 6.45) is 2.57. The van der Waals surface area contributed by atoms with E-state index >= 15 is 0 Å². The van der Waals surface area contributed by atoms with Gasteiger partial charge in [-0.25, -0.2) is 0 Å². The summed E-state index contributed by atoms with van der Waals surface area (Å²) in [6.45, 7) is 3.14. The van der Waals surface area contributed by atoms with Crippen LogP contribution in [0.3, 0.4) is 0 Å². The van der Waals surface area contributed by atoms with Gasteiger partial charge in [0.25, 0.3) is 5.91 Å². The molecule has 0 radical (unpaired) electrons. The minimum Gasteiger partial charge on any atom is -0.493 e. The van der Waals surface area contributed by atoms with Crippen molar-refractivity contribution in [2.45, 2.75) is 32.2 Å². The standard InChI is InChI=1S/C18H26N2O4/c1-5-6-9-14-18(22)19(2)11-12-20(14)17(21)13-8-7-10-15(23-3)16(13)24-4/h7-8,10,14H,5-6,9,11-12H2,1-4H3. The lowest BCUT2D eigenvalue weighted by molar-refractivity contribution is -0.138. The molecular formula is C18H26N2O4. The number of para-hydroxylation sites is 1. The first-order valence-corrected chi connectivity index (χ1v) is 8.32. The van der Waals surface area contributed by atoms with E-state index in [2.05, 4.69) is 6.92 Å². The fourth-order valence-electron chi connectivity index (χ4n) is 3.04. The average Bonchev–Trinajstić information content (AvgIpc) is 2.61. The Bertz CT molecular complexity index is 603. The topological polar surface area (TPSA) is 59.1 Å². The van der Waals surface area contributed by atoms with Gasteiger partial charge in [-0.1, -0.05) is 25.8 Å². The molecule has 6 nitrogen and oxygen atoms in total. The molecule has 0 aromatic heterocycles. The minimum absolute atomic E-state index is 0.00455. The number of hydrogen-bond donors (Lipinski definition) is 0. The van der Waals surface area contributed by atoms with Crippen molar-refractivity contribution >= 4 is 11.8 Å². The minimum atomic E-state index is -0.410. The Morgan fingerprint density at radius 1 is 1.25 bits per heavy atom. The number of rotatable bonds is 6. The fourth-order valence-corrected chi connectivity index (χ4v) is 3.04. The van der Waals surface area contributed by atoms with Crippen LogP contribution in [-0.2, 0) is 4.79 Å². The maximum atomic E-state index is 13.1. The van der Waals surface area contributed by atoms with Gasteiger partial charge in [0, 0.05) is 20.1 Å². The van der Waals surface area contributed by atoms with Gasteiger partial charge in [-0.15, -0.1) is 0 Å². The summed E-state index contributed by atoms with van der Waals surface area (Å²) in [6, 6.07) is 4.81. The Kier molecular flexibility index (Phi) is 6.06. The van der Waals surface area contributed by atoms with Gasteiger partial charge in [0.05, 0.1) is 19.8 Å². The molecule has 1 unspecified atom stereocenters. The van der Waals surface area contributed by atoms with E-state index in [1.165, 1.54) is 14.2 Å². The number of carbonyl (C=O) groups is 2. The van der Waals surface area contributed by atoms with Crippen molar-refractivity contribution in [3.63, 3.8) is 0 Å². The van der Waals surface area contributed by atoms with Crippen LogP contribution in [0, 0.1) is 0 Å². The van der Waals surface area contributed by atoms with E-state index in [-0.39, 0.29) is 11.8 Å². The molecule has 0 saturated carbocycles. The van der Waals surface area contributed by atoms with Crippen molar-refractivity contribution in [2.24, 2.45) is 0 Å². The predicted octanol–water partition coefficient (Wildman–Crippen LogP) is 2.18. The van der Waals surface area contributed by atoms with Crippen molar-refractivity contribution in [1.29, 1.82) is 0 Å². The van der Waals surface area contributed by atoms with Crippen LogP contribution in [0.4, 0.5) is 0 Å². The van der Waals surface area contributed by atoms with E-state index in [1.54, 1.807) is 35.0 Å². The molecule has 0 bridgehead atoms. The Labute approximate surface area is 143 Å². The monoisotopic (exact) mass is 334 g/mol. The lowest BCUT2D eigenvalue weighted by Gasteiger charge is -2.39. The normalized spacial score (nSPS) is 17.8. The fraction of sp³-hybridized carbons (Fsp3) is 0.556. The molecule has 2 amide bonds. The molecule has 0 aliphatic carbocycles. The number of benzene rings is 1. The number of unbranched alkanes of at least 4 members (excludes halogenated alkanes) is 1. The van der Waals surface area contributed by atoms with Crippen LogP contribution >= 0.6 is 0 Å². The van der Waals surface area contributed by atoms with Crippen LogP contribution in [0.2, 0.25) is 0 Å². The second-order valence-electron chi connectivity index (χ2n) is 5.96. The SMILES string of the molecule is CCCCC1C(=O)N(C)CCN1C(=O)c1cccc(OC)c1OC. The van der Waals surface area contributed by atoms with E-state index < -0.39 is 6.04 Å². The van der Waals surface area contributed by atoms with E-state index in [0.29, 0.717) is 36.6 Å². The second kappa shape index (κ2) is 8.04. The molecule has 1 fully saturated rings. The van der Waals surface area contributed by atoms with Gasteiger partial charge in [-0.05, 0) is 18.6 Å². The van der Waals surface area contributed by atoms with Gasteiger partial charge in [0.2, 0.25) is 5.91 Å². The summed E-state index contributed by atoms with van der Waals surface area (Å²) in [5.41, 5.74) is 0.427. The molecule has 24 heavy (non-hydrogen) atoms. The zero-order chi connectivity index (χ0) is 17.7. The number of carbonyl (C=O) groups excluding carboxylic acids is 2. The summed E-state index contributed by atoms with van der Waals surface area (Å²) in [5.74, 6) is 0.734. The zero-order valence-corrected chi connectivity index (χ0v) is 14.9. The Balaban J connectivity index is 2.34. The third-order valence-corrected chi connectivity index (χ3v) is 4.44. The molecule has 1 aromatic rings. The highest BCUT2D eigenvalue weighted by Gasteiger charge is 2.36. The molecule has 1 heterocycles. The Morgan fingerprint density at radius 3 is 2.62 bits per heavy atom. The molecule has 0 spiro atoms. The van der Waals surface area contributed by atoms with Crippen molar-refractivity contribution in [1.82, 2.24) is 9.80 Å². The van der Waals surface area contributed by atoms with Gasteiger partial charge in [0.15, 0.2) is 11.5 Å². The first kappa shape index (κ1) is 18.1. The molecule has 1 saturated heterocycles. The third-order valence-electron chi connectivity index (χ3n) is 4.44. The van der Waals surface area contributed by atoms with Crippen molar-refractivity contribution in [3.05, 3.63) is 23.8 Å². The van der Waals surface area contributed by atoms with E-state index in [4.69, 9.17) is 9.47 Å². The average molecular weight is 334 g/mol. The summed E-state index contributed by atoms with van der Waals surface area (Å²) in [4.78, 5) is 29.0. The molecule has 1 aliphatic rings. The molecule has 1 atom stereocenters. The highest BCUT2D eigenvalue weighted by Crippen LogP contribution is 2.32. The summed E-state index contributed by atoms with van der Waals surface area (Å²) < 4.78 is 10.6. The Morgan fingerprint density at radius 2 is 2.00 bits per heavy atom. The van der Waals surface area contributed by atoms with Crippen LogP contribution in [0.1, 0.15) is 36.5 Å². The summed E-state index contributed by atoms with van der Waals surface area (Å²) in [7, 11) is 4.84. The van der Waals surface area contributed by atoms with Crippen LogP contribution in [0.25, 0.3) is 0 Å². The number of methoxy groups -OCH3 is 2. The quantitative estimate of drug-likeness (QED) is 0.800. The lowest BCUT2D eigenvalue weighted by atomic mass is 10.0. The highest BCUT2D eigenvalue weighted by molar-refractivity contribution is 6.00. The van der Waals surface area contributed by atoms with Crippen LogP contribution in [0.15, 0.2) is 18.2 Å². The summed E-state index contributed by atoms with van der Waals surface area (Å²) in [5, 5.41) is 0. The van der Waals surface area contributed by atoms with Gasteiger partial charge in [0.1, 0.15) is 6.04 Å². The second-order valence-corrected chi connectivity index (χ2v) is 5.96. The van der Waals surface area contributed by atoms with E-state index in [1.807, 2.05) is 0 Å². The Hall–Kier alpha value is -2.24. The lowest BCUT2D eigenvalue weighted by Crippen LogP contribution is -2.57. The molecule has 2 rings (SSSR count). The number of nitrogens with zero attached hydrogens (tertiary/aromatic N) is 2. The molecule has 1 aliphatic heterocycles. The molecule has 1 aromatic carbocycles. The number of ether oxygens (including phenoxy) is 2. The number of likely N-dealkylation sites (N-methyl/N-ethyl adjacent to an activating group) is 1. The van der Waals surface area contributed by atoms with Gasteiger partial charge in [-0.3, -0.25) is 9.59 Å². The molecule has 132 valence electrons. The van der Waals surface area contributed by atoms with Gasteiger partial charge < -0.3 is 19.3 Å². The number of amides is 2. The van der Waals surface area contributed by atoms with Crippen molar-refractivity contribution in [2.75, 3.05) is 34.4 Å². The van der Waals surface area contributed by atoms with Crippen molar-refractivity contribution < 1.29 is 19.1 Å². The molecule has 6 heteroatoms. The number of piperazine rings is 1. The number of hydrogen-bond acceptors (Lipinski definition) is 4. The van der Waals surface area contributed by atoms with Crippen LogP contribution < -0.4 is 9.47 Å². The maximum Gasteiger partial charge on any atom is 0.258 e. The maximum absolute atomic E-state index is 13.1. The van der Waals surface area contributed by atoms with Crippen LogP contribution in [0.5, 0.6) is 11.5 Å². The van der Waals surface area contributed by atoms with Crippen molar-refractivity contribution in [3.8, 4) is 11.5 Å². The van der Waals surface area contributed by atoms with Gasteiger partial charge >= 0.3 is 0 Å². The van der Waals surface area contributed by atoms with Gasteiger partial charge in [-0.2, -0.15) is 0 Å². The largest absolute Gasteiger partial charge is 0.493 e. The first-order valence-electron chi connectivity index (χ1n) is 8.32. The summed E-state index contributed by atoms with van der Waals surface area (Å²) >= 11 is 0. The smallest absolute Gasteiger partial charge is 0.258 e. The van der Waals surface area contributed by atoms with Crippen LogP contribution in [-0.4, -0.2) is 62.0 Å². The zero-order valence-electron chi connectivity index (χ0n) is 14.9.